The van der Waals surface area contributed by atoms with Crippen molar-refractivity contribution in [3.63, 3.8) is 0 Å². The number of pyridine rings is 1. The zero-order chi connectivity index (χ0) is 21.2. The number of hydrogen-bond donors (Lipinski definition) is 3. The Bertz CT molecular complexity index is 960. The number of aromatic nitrogens is 1. The number of halogens is 6. The fraction of sp³-hybridized carbons (Fsp3) is 0.222. The van der Waals surface area contributed by atoms with Gasteiger partial charge in [0, 0.05) is 0 Å². The molecule has 11 heteroatoms. The van der Waals surface area contributed by atoms with Crippen LogP contribution in [0, 0.1) is 11.3 Å². The van der Waals surface area contributed by atoms with Crippen LogP contribution in [0.5, 0.6) is 0 Å². The van der Waals surface area contributed by atoms with Crippen molar-refractivity contribution >= 4 is 12.2 Å². The molecule has 1 aliphatic rings. The lowest BCUT2D eigenvalue weighted by molar-refractivity contribution is -0.141. The first-order valence-electron chi connectivity index (χ1n) is 8.18. The molecule has 5 nitrogen and oxygen atoms in total. The number of nitrogens with zero attached hydrogens (tertiary/aromatic N) is 2. The summed E-state index contributed by atoms with van der Waals surface area (Å²) < 4.78 is 78.1. The van der Waals surface area contributed by atoms with Gasteiger partial charge in [-0.05, 0) is 47.5 Å². The lowest BCUT2D eigenvalue weighted by atomic mass is 9.96. The van der Waals surface area contributed by atoms with Crippen molar-refractivity contribution in [2.45, 2.75) is 24.4 Å². The quantitative estimate of drug-likeness (QED) is 0.667. The standard InChI is InChI=1S/C18H13F6N5/c19-17(20,21)12-7-10(6-11(8-12)16-14(9-25)27-29-28-16)4-5-13-2-1-3-15(26-13)18(22,23)24/h1-8,14,16,27-29H/b5-4+. The van der Waals surface area contributed by atoms with E-state index in [9.17, 15) is 26.3 Å². The van der Waals surface area contributed by atoms with Gasteiger partial charge in [0.1, 0.15) is 11.7 Å². The monoisotopic (exact) mass is 413 g/mol. The van der Waals surface area contributed by atoms with E-state index in [2.05, 4.69) is 21.4 Å². The number of hydrazine groups is 2. The van der Waals surface area contributed by atoms with Gasteiger partial charge in [-0.2, -0.15) is 37.1 Å². The highest BCUT2D eigenvalue weighted by Gasteiger charge is 2.34. The molecule has 2 aromatic rings. The van der Waals surface area contributed by atoms with Gasteiger partial charge in [0.2, 0.25) is 0 Å². The van der Waals surface area contributed by atoms with Gasteiger partial charge in [-0.1, -0.05) is 12.1 Å². The van der Waals surface area contributed by atoms with Crippen molar-refractivity contribution in [1.82, 2.24) is 21.4 Å². The minimum atomic E-state index is -4.64. The van der Waals surface area contributed by atoms with Crippen molar-refractivity contribution in [3.8, 4) is 6.07 Å². The average Bonchev–Trinajstić information content (AvgIpc) is 3.14. The fourth-order valence-corrected chi connectivity index (χ4v) is 2.75. The molecule has 0 aliphatic carbocycles. The molecular formula is C18H13F6N5. The summed E-state index contributed by atoms with van der Waals surface area (Å²) in [5.41, 5.74) is 5.90. The second-order valence-corrected chi connectivity index (χ2v) is 6.16. The highest BCUT2D eigenvalue weighted by atomic mass is 19.4. The highest BCUT2D eigenvalue weighted by molar-refractivity contribution is 5.69. The number of nitrogens with one attached hydrogen (secondary N) is 3. The van der Waals surface area contributed by atoms with Crippen molar-refractivity contribution in [2.24, 2.45) is 0 Å². The van der Waals surface area contributed by atoms with Crippen LogP contribution in [0.3, 0.4) is 0 Å². The zero-order valence-corrected chi connectivity index (χ0v) is 14.4. The molecular weight excluding hydrogens is 400 g/mol. The van der Waals surface area contributed by atoms with Crippen molar-refractivity contribution in [3.05, 3.63) is 64.5 Å². The van der Waals surface area contributed by atoms with Gasteiger partial charge in [0.05, 0.1) is 23.4 Å². The van der Waals surface area contributed by atoms with Gasteiger partial charge in [0.25, 0.3) is 0 Å². The van der Waals surface area contributed by atoms with Crippen molar-refractivity contribution in [1.29, 1.82) is 5.26 Å². The van der Waals surface area contributed by atoms with Crippen LogP contribution in [0.25, 0.3) is 12.2 Å². The Hall–Kier alpha value is -2.94. The molecule has 2 heterocycles. The smallest absolute Gasteiger partial charge is 0.244 e. The Morgan fingerprint density at radius 2 is 1.72 bits per heavy atom. The Labute approximate surface area is 161 Å². The van der Waals surface area contributed by atoms with E-state index in [0.29, 0.717) is 0 Å². The maximum atomic E-state index is 13.3. The summed E-state index contributed by atoms with van der Waals surface area (Å²) in [6, 6.07) is 6.79. The number of alkyl halides is 6. The minimum absolute atomic E-state index is 0.0592. The molecule has 2 unspecified atom stereocenters. The first kappa shape index (κ1) is 20.8. The van der Waals surface area contributed by atoms with E-state index in [1.807, 2.05) is 6.07 Å². The predicted octanol–water partition coefficient (Wildman–Crippen LogP) is 3.84. The average molecular weight is 413 g/mol. The van der Waals surface area contributed by atoms with E-state index in [0.717, 1.165) is 24.3 Å². The molecule has 1 aliphatic heterocycles. The second-order valence-electron chi connectivity index (χ2n) is 6.16. The summed E-state index contributed by atoms with van der Waals surface area (Å²) in [6.45, 7) is 0. The van der Waals surface area contributed by atoms with Crippen LogP contribution >= 0.6 is 0 Å². The molecule has 29 heavy (non-hydrogen) atoms. The molecule has 0 saturated carbocycles. The molecule has 3 N–H and O–H groups in total. The summed E-state index contributed by atoms with van der Waals surface area (Å²) in [5, 5.41) is 9.11. The zero-order valence-electron chi connectivity index (χ0n) is 14.4. The Kier molecular flexibility index (Phi) is 5.61. The summed E-state index contributed by atoms with van der Waals surface area (Å²) in [6.07, 6.45) is -6.85. The van der Waals surface area contributed by atoms with Gasteiger partial charge < -0.3 is 0 Å². The lowest BCUT2D eigenvalue weighted by Gasteiger charge is -2.16. The summed E-state index contributed by atoms with van der Waals surface area (Å²) in [4.78, 5) is 3.45. The lowest BCUT2D eigenvalue weighted by Crippen LogP contribution is -2.32. The summed E-state index contributed by atoms with van der Waals surface area (Å²) in [7, 11) is 0. The van der Waals surface area contributed by atoms with Crippen molar-refractivity contribution in [2.75, 3.05) is 0 Å². The van der Waals surface area contributed by atoms with Gasteiger partial charge in [-0.3, -0.25) is 0 Å². The summed E-state index contributed by atoms with van der Waals surface area (Å²) in [5.74, 6) is 0. The summed E-state index contributed by atoms with van der Waals surface area (Å²) >= 11 is 0. The third-order valence-electron chi connectivity index (χ3n) is 4.10. The van der Waals surface area contributed by atoms with E-state index in [1.165, 1.54) is 24.3 Å². The van der Waals surface area contributed by atoms with E-state index in [4.69, 9.17) is 5.26 Å². The third-order valence-corrected chi connectivity index (χ3v) is 4.10. The van der Waals surface area contributed by atoms with Crippen LogP contribution in [0.1, 0.15) is 34.1 Å². The van der Waals surface area contributed by atoms with Crippen LogP contribution in [0.2, 0.25) is 0 Å². The van der Waals surface area contributed by atoms with Crippen LogP contribution in [0.4, 0.5) is 26.3 Å². The molecule has 3 rings (SSSR count). The van der Waals surface area contributed by atoms with E-state index in [1.54, 1.807) is 0 Å². The number of nitriles is 1. The van der Waals surface area contributed by atoms with Crippen LogP contribution in [0.15, 0.2) is 36.4 Å². The Morgan fingerprint density at radius 1 is 0.966 bits per heavy atom. The number of benzene rings is 1. The largest absolute Gasteiger partial charge is 0.433 e. The van der Waals surface area contributed by atoms with E-state index in [-0.39, 0.29) is 16.8 Å². The molecule has 0 bridgehead atoms. The van der Waals surface area contributed by atoms with Crippen LogP contribution in [-0.2, 0) is 12.4 Å². The van der Waals surface area contributed by atoms with Gasteiger partial charge in [-0.15, -0.1) is 0 Å². The first-order valence-corrected chi connectivity index (χ1v) is 8.18. The topological polar surface area (TPSA) is 72.8 Å². The molecule has 0 amide bonds. The fourth-order valence-electron chi connectivity index (χ4n) is 2.75. The highest BCUT2D eigenvalue weighted by Crippen LogP contribution is 2.33. The van der Waals surface area contributed by atoms with E-state index >= 15 is 0 Å². The molecule has 1 aromatic heterocycles. The van der Waals surface area contributed by atoms with Crippen molar-refractivity contribution < 1.29 is 26.3 Å². The van der Waals surface area contributed by atoms with Crippen LogP contribution < -0.4 is 16.4 Å². The molecule has 1 aromatic carbocycles. The van der Waals surface area contributed by atoms with Crippen LogP contribution in [-0.4, -0.2) is 11.0 Å². The second kappa shape index (κ2) is 7.82. The first-order chi connectivity index (χ1) is 13.6. The SMILES string of the molecule is N#CC1NNNC1c1cc(/C=C/c2cccc(C(F)(F)F)n2)cc(C(F)(F)F)c1. The number of hydrogen-bond acceptors (Lipinski definition) is 5. The molecule has 0 radical (unpaired) electrons. The predicted molar refractivity (Wildman–Crippen MR) is 91.2 cm³/mol. The molecule has 0 spiro atoms. The third kappa shape index (κ3) is 4.92. The Morgan fingerprint density at radius 3 is 2.38 bits per heavy atom. The molecule has 1 saturated heterocycles. The van der Waals surface area contributed by atoms with E-state index < -0.39 is 35.7 Å². The molecule has 152 valence electrons. The minimum Gasteiger partial charge on any atom is -0.244 e. The van der Waals surface area contributed by atoms with Gasteiger partial charge in [-0.25, -0.2) is 15.8 Å². The Balaban J connectivity index is 1.98. The van der Waals surface area contributed by atoms with Gasteiger partial charge >= 0.3 is 12.4 Å². The maximum absolute atomic E-state index is 13.3. The molecule has 2 atom stereocenters. The number of rotatable bonds is 3. The molecule has 1 fully saturated rings. The van der Waals surface area contributed by atoms with Gasteiger partial charge in [0.15, 0.2) is 0 Å². The maximum Gasteiger partial charge on any atom is 0.433 e. The normalized spacial score (nSPS) is 20.2.